The zero-order valence-corrected chi connectivity index (χ0v) is 16.5. The zero-order valence-electron chi connectivity index (χ0n) is 16.5. The minimum atomic E-state index is 0.00250. The number of Topliss-reactive ketones (excluding diaryl/α,β-unsaturated/α-hetero) is 1. The first-order valence-electron chi connectivity index (χ1n) is 9.28. The first kappa shape index (κ1) is 18.5. The van der Waals surface area contributed by atoms with Crippen LogP contribution >= 0.6 is 0 Å². The Morgan fingerprint density at radius 3 is 2.62 bits per heavy atom. The molecule has 0 spiro atoms. The highest BCUT2D eigenvalue weighted by Crippen LogP contribution is 2.31. The molecule has 5 nitrogen and oxygen atoms in total. The van der Waals surface area contributed by atoms with Crippen molar-refractivity contribution in [1.82, 2.24) is 15.0 Å². The number of carbonyl (C=O) groups is 1. The molecular formula is C21H28N4O. The van der Waals surface area contributed by atoms with Crippen LogP contribution in [0.25, 0.3) is 11.5 Å². The standard InChI is InChI=1S/C21H28N4O/c1-14-9-10-18(22-12-14)19-23-17-8-6-7-16(17)20(24-19)25(5)13-15(26)11-21(2,3)4/h9-10,12H,6-8,11,13H2,1-5H3. The van der Waals surface area contributed by atoms with Gasteiger partial charge >= 0.3 is 0 Å². The molecule has 3 rings (SSSR count). The highest BCUT2D eigenvalue weighted by molar-refractivity contribution is 5.84. The number of ketones is 1. The summed E-state index contributed by atoms with van der Waals surface area (Å²) in [5.41, 5.74) is 4.18. The van der Waals surface area contributed by atoms with Crippen LogP contribution in [0.3, 0.4) is 0 Å². The Balaban J connectivity index is 1.91. The van der Waals surface area contributed by atoms with Crippen molar-refractivity contribution in [2.24, 2.45) is 5.41 Å². The van der Waals surface area contributed by atoms with Crippen molar-refractivity contribution >= 4 is 11.6 Å². The Labute approximate surface area is 155 Å². The third kappa shape index (κ3) is 4.26. The van der Waals surface area contributed by atoms with Crippen LogP contribution in [0.15, 0.2) is 18.3 Å². The second-order valence-corrected chi connectivity index (χ2v) is 8.50. The maximum atomic E-state index is 12.4. The summed E-state index contributed by atoms with van der Waals surface area (Å²) in [7, 11) is 1.95. The fourth-order valence-electron chi connectivity index (χ4n) is 3.43. The first-order chi connectivity index (χ1) is 12.2. The van der Waals surface area contributed by atoms with Crippen LogP contribution in [-0.2, 0) is 17.6 Å². The highest BCUT2D eigenvalue weighted by Gasteiger charge is 2.24. The first-order valence-corrected chi connectivity index (χ1v) is 9.28. The molecule has 26 heavy (non-hydrogen) atoms. The fourth-order valence-corrected chi connectivity index (χ4v) is 3.43. The molecule has 0 aromatic carbocycles. The normalized spacial score (nSPS) is 13.6. The number of likely N-dealkylation sites (N-methyl/N-ethyl adjacent to an activating group) is 1. The number of aryl methyl sites for hydroxylation is 2. The summed E-state index contributed by atoms with van der Waals surface area (Å²) < 4.78 is 0. The van der Waals surface area contributed by atoms with E-state index in [1.807, 2.05) is 37.2 Å². The van der Waals surface area contributed by atoms with Crippen LogP contribution in [0.4, 0.5) is 5.82 Å². The van der Waals surface area contributed by atoms with Crippen molar-refractivity contribution in [2.45, 2.75) is 53.4 Å². The molecule has 0 aliphatic heterocycles. The lowest BCUT2D eigenvalue weighted by molar-refractivity contribution is -0.119. The molecule has 0 atom stereocenters. The predicted molar refractivity (Wildman–Crippen MR) is 104 cm³/mol. The molecule has 1 aliphatic rings. The second-order valence-electron chi connectivity index (χ2n) is 8.50. The third-order valence-electron chi connectivity index (χ3n) is 4.55. The number of nitrogens with zero attached hydrogens (tertiary/aromatic N) is 4. The largest absolute Gasteiger partial charge is 0.352 e. The third-order valence-corrected chi connectivity index (χ3v) is 4.55. The van der Waals surface area contributed by atoms with Crippen LogP contribution < -0.4 is 4.90 Å². The van der Waals surface area contributed by atoms with Gasteiger partial charge in [0.1, 0.15) is 11.5 Å². The zero-order chi connectivity index (χ0) is 18.9. The molecule has 0 radical (unpaired) electrons. The molecule has 0 unspecified atom stereocenters. The van der Waals surface area contributed by atoms with Gasteiger partial charge in [0.25, 0.3) is 0 Å². The van der Waals surface area contributed by atoms with Gasteiger partial charge in [-0.25, -0.2) is 9.97 Å². The van der Waals surface area contributed by atoms with E-state index in [0.29, 0.717) is 18.8 Å². The molecule has 0 N–H and O–H groups in total. The van der Waals surface area contributed by atoms with Crippen molar-refractivity contribution < 1.29 is 4.79 Å². The molecule has 2 aromatic heterocycles. The molecule has 0 saturated carbocycles. The lowest BCUT2D eigenvalue weighted by Crippen LogP contribution is -2.30. The number of hydrogen-bond donors (Lipinski definition) is 0. The van der Waals surface area contributed by atoms with Gasteiger partial charge in [0.15, 0.2) is 11.6 Å². The smallest absolute Gasteiger partial charge is 0.180 e. The summed E-state index contributed by atoms with van der Waals surface area (Å²) in [6, 6.07) is 3.98. The van der Waals surface area contributed by atoms with Crippen LogP contribution in [0, 0.1) is 12.3 Å². The van der Waals surface area contributed by atoms with Crippen molar-refractivity contribution in [1.29, 1.82) is 0 Å². The molecule has 0 fully saturated rings. The lowest BCUT2D eigenvalue weighted by Gasteiger charge is -2.23. The van der Waals surface area contributed by atoms with E-state index in [1.54, 1.807) is 0 Å². The number of hydrogen-bond acceptors (Lipinski definition) is 5. The Kier molecular flexibility index (Phi) is 5.08. The number of carbonyl (C=O) groups excluding carboxylic acids is 1. The van der Waals surface area contributed by atoms with Gasteiger partial charge in [0, 0.05) is 30.9 Å². The van der Waals surface area contributed by atoms with Gasteiger partial charge in [0.05, 0.1) is 6.54 Å². The van der Waals surface area contributed by atoms with Gasteiger partial charge in [-0.3, -0.25) is 9.78 Å². The van der Waals surface area contributed by atoms with Crippen LogP contribution in [0.2, 0.25) is 0 Å². The predicted octanol–water partition coefficient (Wildman–Crippen LogP) is 3.78. The molecule has 0 amide bonds. The molecule has 1 aliphatic carbocycles. The van der Waals surface area contributed by atoms with E-state index in [0.717, 1.165) is 42.0 Å². The average Bonchev–Trinajstić information content (AvgIpc) is 3.01. The quantitative estimate of drug-likeness (QED) is 0.820. The van der Waals surface area contributed by atoms with E-state index in [-0.39, 0.29) is 11.2 Å². The molecular weight excluding hydrogens is 324 g/mol. The Hall–Kier alpha value is -2.30. The molecule has 5 heteroatoms. The number of aromatic nitrogens is 3. The highest BCUT2D eigenvalue weighted by atomic mass is 16.1. The topological polar surface area (TPSA) is 59.0 Å². The summed E-state index contributed by atoms with van der Waals surface area (Å²) in [5.74, 6) is 1.77. The monoisotopic (exact) mass is 352 g/mol. The minimum absolute atomic E-state index is 0.00250. The summed E-state index contributed by atoms with van der Waals surface area (Å²) in [4.78, 5) is 28.4. The van der Waals surface area contributed by atoms with Crippen LogP contribution in [0.1, 0.15) is 50.4 Å². The number of rotatable bonds is 5. The minimum Gasteiger partial charge on any atom is -0.352 e. The summed E-state index contributed by atoms with van der Waals surface area (Å²) >= 11 is 0. The Morgan fingerprint density at radius 2 is 1.96 bits per heavy atom. The van der Waals surface area contributed by atoms with E-state index >= 15 is 0 Å². The molecule has 138 valence electrons. The van der Waals surface area contributed by atoms with E-state index in [9.17, 15) is 4.79 Å². The number of anilines is 1. The van der Waals surface area contributed by atoms with Gasteiger partial charge in [-0.2, -0.15) is 0 Å². The SMILES string of the molecule is Cc1ccc(-c2nc3c(c(N(C)CC(=O)CC(C)(C)C)n2)CCC3)nc1. The Morgan fingerprint density at radius 1 is 1.19 bits per heavy atom. The van der Waals surface area contributed by atoms with E-state index < -0.39 is 0 Å². The lowest BCUT2D eigenvalue weighted by atomic mass is 9.90. The van der Waals surface area contributed by atoms with Gasteiger partial charge in [0.2, 0.25) is 0 Å². The number of fused-ring (bicyclic) bond motifs is 1. The van der Waals surface area contributed by atoms with Crippen molar-refractivity contribution in [3.8, 4) is 11.5 Å². The van der Waals surface area contributed by atoms with E-state index in [4.69, 9.17) is 9.97 Å². The maximum Gasteiger partial charge on any atom is 0.180 e. The van der Waals surface area contributed by atoms with E-state index in [2.05, 4.69) is 25.8 Å². The van der Waals surface area contributed by atoms with Gasteiger partial charge < -0.3 is 4.90 Å². The molecule has 0 bridgehead atoms. The second kappa shape index (κ2) is 7.14. The fraction of sp³-hybridized carbons (Fsp3) is 0.524. The molecule has 2 heterocycles. The van der Waals surface area contributed by atoms with Gasteiger partial charge in [-0.15, -0.1) is 0 Å². The summed E-state index contributed by atoms with van der Waals surface area (Å²) in [6.07, 6.45) is 5.43. The maximum absolute atomic E-state index is 12.4. The van der Waals surface area contributed by atoms with E-state index in [1.165, 1.54) is 5.56 Å². The number of pyridine rings is 1. The van der Waals surface area contributed by atoms with Gasteiger partial charge in [-0.1, -0.05) is 26.8 Å². The molecule has 0 saturated heterocycles. The van der Waals surface area contributed by atoms with Crippen molar-refractivity contribution in [2.75, 3.05) is 18.5 Å². The van der Waals surface area contributed by atoms with Crippen LogP contribution in [-0.4, -0.2) is 34.3 Å². The van der Waals surface area contributed by atoms with Crippen LogP contribution in [0.5, 0.6) is 0 Å². The molecule has 2 aromatic rings. The van der Waals surface area contributed by atoms with Crippen molar-refractivity contribution in [3.05, 3.63) is 35.2 Å². The van der Waals surface area contributed by atoms with Gasteiger partial charge in [-0.05, 0) is 43.2 Å². The average molecular weight is 352 g/mol. The summed E-state index contributed by atoms with van der Waals surface area (Å²) in [5, 5.41) is 0. The van der Waals surface area contributed by atoms with Crippen molar-refractivity contribution in [3.63, 3.8) is 0 Å². The Bertz CT molecular complexity index is 806. The summed E-state index contributed by atoms with van der Waals surface area (Å²) in [6.45, 7) is 8.67.